The molecule has 0 spiro atoms. The van der Waals surface area contributed by atoms with Crippen molar-refractivity contribution in [2.75, 3.05) is 5.32 Å². The first-order valence-electron chi connectivity index (χ1n) is 4.43. The molecule has 1 aromatic rings. The van der Waals surface area contributed by atoms with Crippen LogP contribution in [0.3, 0.4) is 0 Å². The van der Waals surface area contributed by atoms with Gasteiger partial charge in [0.25, 0.3) is 0 Å². The summed E-state index contributed by atoms with van der Waals surface area (Å²) in [6.45, 7) is 5.71. The van der Waals surface area contributed by atoms with E-state index in [4.69, 9.17) is 11.6 Å². The predicted octanol–water partition coefficient (Wildman–Crippen LogP) is 2.74. The Bertz CT molecular complexity index is 388. The van der Waals surface area contributed by atoms with E-state index in [2.05, 4.69) is 10.3 Å². The molecule has 0 aliphatic heterocycles. The lowest BCUT2D eigenvalue weighted by atomic mass is 9.90. The Labute approximate surface area is 92.7 Å². The van der Waals surface area contributed by atoms with Crippen LogP contribution in [-0.4, -0.2) is 11.4 Å². The third kappa shape index (κ3) is 2.65. The van der Waals surface area contributed by atoms with Crippen LogP contribution in [0.2, 0.25) is 5.15 Å². The van der Waals surface area contributed by atoms with E-state index in [0.717, 1.165) is 0 Å². The standard InChI is InChI=1S/C10H12ClFN2O/c1-10(2,3)8-7(13-5-15)4-6(12)9(11)14-8/h4-5H,1-3H3,(H,13,15). The minimum Gasteiger partial charge on any atom is -0.327 e. The van der Waals surface area contributed by atoms with Crippen molar-refractivity contribution in [3.8, 4) is 0 Å². The number of pyridine rings is 1. The molecule has 0 unspecified atom stereocenters. The van der Waals surface area contributed by atoms with Crippen molar-refractivity contribution >= 4 is 23.7 Å². The highest BCUT2D eigenvalue weighted by atomic mass is 35.5. The second-order valence-electron chi connectivity index (χ2n) is 4.17. The number of amides is 1. The predicted molar refractivity (Wildman–Crippen MR) is 57.6 cm³/mol. The number of nitrogens with one attached hydrogen (secondary N) is 1. The van der Waals surface area contributed by atoms with Crippen molar-refractivity contribution in [3.05, 3.63) is 22.7 Å². The highest BCUT2D eigenvalue weighted by Crippen LogP contribution is 2.30. The summed E-state index contributed by atoms with van der Waals surface area (Å²) in [6, 6.07) is 1.17. The van der Waals surface area contributed by atoms with Crippen molar-refractivity contribution < 1.29 is 9.18 Å². The largest absolute Gasteiger partial charge is 0.327 e. The molecule has 1 rings (SSSR count). The highest BCUT2D eigenvalue weighted by molar-refractivity contribution is 6.29. The van der Waals surface area contributed by atoms with Gasteiger partial charge in [0.2, 0.25) is 6.41 Å². The normalized spacial score (nSPS) is 11.3. The number of hydrogen-bond donors (Lipinski definition) is 1. The fraction of sp³-hybridized carbons (Fsp3) is 0.400. The molecule has 0 bridgehead atoms. The molecule has 0 atom stereocenters. The number of hydrogen-bond acceptors (Lipinski definition) is 2. The van der Waals surface area contributed by atoms with Gasteiger partial charge in [-0.25, -0.2) is 9.37 Å². The zero-order valence-corrected chi connectivity index (χ0v) is 9.52. The molecular weight excluding hydrogens is 219 g/mol. The van der Waals surface area contributed by atoms with Crippen LogP contribution in [-0.2, 0) is 10.2 Å². The molecule has 1 amide bonds. The van der Waals surface area contributed by atoms with E-state index in [-0.39, 0.29) is 10.6 Å². The monoisotopic (exact) mass is 230 g/mol. The number of carbonyl (C=O) groups excluding carboxylic acids is 1. The molecule has 5 heteroatoms. The van der Waals surface area contributed by atoms with E-state index in [1.807, 2.05) is 20.8 Å². The Morgan fingerprint density at radius 3 is 2.60 bits per heavy atom. The second kappa shape index (κ2) is 4.14. The maximum absolute atomic E-state index is 13.1. The number of carbonyl (C=O) groups is 1. The van der Waals surface area contributed by atoms with Crippen LogP contribution in [0.5, 0.6) is 0 Å². The van der Waals surface area contributed by atoms with Crippen molar-refractivity contribution in [2.24, 2.45) is 0 Å². The van der Waals surface area contributed by atoms with Gasteiger partial charge in [0.05, 0.1) is 11.4 Å². The van der Waals surface area contributed by atoms with Crippen LogP contribution in [0.4, 0.5) is 10.1 Å². The molecule has 0 aliphatic rings. The summed E-state index contributed by atoms with van der Waals surface area (Å²) in [7, 11) is 0. The molecule has 15 heavy (non-hydrogen) atoms. The highest BCUT2D eigenvalue weighted by Gasteiger charge is 2.22. The van der Waals surface area contributed by atoms with Crippen molar-refractivity contribution in [2.45, 2.75) is 26.2 Å². The van der Waals surface area contributed by atoms with Crippen LogP contribution >= 0.6 is 11.6 Å². The van der Waals surface area contributed by atoms with Gasteiger partial charge in [-0.2, -0.15) is 0 Å². The lowest BCUT2D eigenvalue weighted by Crippen LogP contribution is -2.17. The Balaban J connectivity index is 3.34. The molecule has 0 aromatic carbocycles. The van der Waals surface area contributed by atoms with E-state index in [0.29, 0.717) is 17.8 Å². The first-order chi connectivity index (χ1) is 6.86. The summed E-state index contributed by atoms with van der Waals surface area (Å²) in [4.78, 5) is 14.3. The topological polar surface area (TPSA) is 42.0 Å². The molecule has 1 N–H and O–H groups in total. The third-order valence-electron chi connectivity index (χ3n) is 1.86. The molecule has 82 valence electrons. The zero-order valence-electron chi connectivity index (χ0n) is 8.77. The van der Waals surface area contributed by atoms with Crippen LogP contribution in [0.1, 0.15) is 26.5 Å². The number of aromatic nitrogens is 1. The van der Waals surface area contributed by atoms with Crippen molar-refractivity contribution in [3.63, 3.8) is 0 Å². The first kappa shape index (κ1) is 11.9. The Kier molecular flexibility index (Phi) is 3.29. The molecule has 0 radical (unpaired) electrons. The zero-order chi connectivity index (χ0) is 11.6. The Hall–Kier alpha value is -1.16. The lowest BCUT2D eigenvalue weighted by Gasteiger charge is -2.21. The van der Waals surface area contributed by atoms with E-state index >= 15 is 0 Å². The van der Waals surface area contributed by atoms with Gasteiger partial charge in [0, 0.05) is 11.5 Å². The van der Waals surface area contributed by atoms with Gasteiger partial charge in [-0.1, -0.05) is 32.4 Å². The molecule has 1 aromatic heterocycles. The van der Waals surface area contributed by atoms with E-state index in [9.17, 15) is 9.18 Å². The third-order valence-corrected chi connectivity index (χ3v) is 2.12. The maximum Gasteiger partial charge on any atom is 0.211 e. The molecule has 0 fully saturated rings. The quantitative estimate of drug-likeness (QED) is 0.627. The minimum atomic E-state index is -0.644. The van der Waals surface area contributed by atoms with Crippen LogP contribution in [0.25, 0.3) is 0 Å². The van der Waals surface area contributed by atoms with Gasteiger partial charge in [-0.05, 0) is 0 Å². The van der Waals surface area contributed by atoms with E-state index in [1.54, 1.807) is 0 Å². The average Bonchev–Trinajstić information content (AvgIpc) is 2.09. The molecular formula is C10H12ClFN2O. The summed E-state index contributed by atoms with van der Waals surface area (Å²) < 4.78 is 13.1. The van der Waals surface area contributed by atoms with E-state index in [1.165, 1.54) is 6.07 Å². The fourth-order valence-electron chi connectivity index (χ4n) is 1.21. The van der Waals surface area contributed by atoms with Crippen LogP contribution < -0.4 is 5.32 Å². The summed E-state index contributed by atoms with van der Waals surface area (Å²) in [6.07, 6.45) is 0.486. The fourth-order valence-corrected chi connectivity index (χ4v) is 1.35. The molecule has 3 nitrogen and oxygen atoms in total. The SMILES string of the molecule is CC(C)(C)c1nc(Cl)c(F)cc1NC=O. The molecule has 0 aliphatic carbocycles. The van der Waals surface area contributed by atoms with E-state index < -0.39 is 5.82 Å². The molecule has 0 saturated carbocycles. The summed E-state index contributed by atoms with van der Waals surface area (Å²) in [5, 5.41) is 2.23. The molecule has 0 saturated heterocycles. The second-order valence-corrected chi connectivity index (χ2v) is 4.53. The van der Waals surface area contributed by atoms with Gasteiger partial charge in [0.1, 0.15) is 0 Å². The van der Waals surface area contributed by atoms with Crippen LogP contribution in [0.15, 0.2) is 6.07 Å². The summed E-state index contributed by atoms with van der Waals surface area (Å²) >= 11 is 5.59. The van der Waals surface area contributed by atoms with Gasteiger partial charge in [0.15, 0.2) is 11.0 Å². The Morgan fingerprint density at radius 1 is 1.53 bits per heavy atom. The Morgan fingerprint density at radius 2 is 2.13 bits per heavy atom. The number of nitrogens with zero attached hydrogens (tertiary/aromatic N) is 1. The van der Waals surface area contributed by atoms with Gasteiger partial charge >= 0.3 is 0 Å². The lowest BCUT2D eigenvalue weighted by molar-refractivity contribution is -0.105. The van der Waals surface area contributed by atoms with Gasteiger partial charge in [-0.3, -0.25) is 4.79 Å². The summed E-state index contributed by atoms with van der Waals surface area (Å²) in [5.41, 5.74) is 0.586. The van der Waals surface area contributed by atoms with Gasteiger partial charge in [-0.15, -0.1) is 0 Å². The first-order valence-corrected chi connectivity index (χ1v) is 4.80. The number of anilines is 1. The van der Waals surface area contributed by atoms with Crippen molar-refractivity contribution in [1.82, 2.24) is 4.98 Å². The maximum atomic E-state index is 13.1. The number of rotatable bonds is 2. The van der Waals surface area contributed by atoms with Gasteiger partial charge < -0.3 is 5.32 Å². The minimum absolute atomic E-state index is 0.184. The smallest absolute Gasteiger partial charge is 0.211 e. The number of halogens is 2. The average molecular weight is 231 g/mol. The van der Waals surface area contributed by atoms with Crippen LogP contribution in [0, 0.1) is 5.82 Å². The van der Waals surface area contributed by atoms with Crippen molar-refractivity contribution in [1.29, 1.82) is 0 Å². The molecule has 1 heterocycles. The summed E-state index contributed by atoms with van der Waals surface area (Å²) in [5.74, 6) is -0.644.